The first-order valence-electron chi connectivity index (χ1n) is 10.1. The molecule has 27 heavy (non-hydrogen) atoms. The second-order valence-electron chi connectivity index (χ2n) is 7.86. The van der Waals surface area contributed by atoms with Crippen LogP contribution < -0.4 is 10.6 Å². The first kappa shape index (κ1) is 21.3. The van der Waals surface area contributed by atoms with E-state index >= 15 is 0 Å². The Bertz CT molecular complexity index is 666. The van der Waals surface area contributed by atoms with E-state index < -0.39 is 0 Å². The van der Waals surface area contributed by atoms with Gasteiger partial charge in [-0.3, -0.25) is 14.5 Å². The number of carbonyl (C=O) groups excluding carboxylic acids is 1. The molecule has 1 amide bonds. The van der Waals surface area contributed by atoms with E-state index in [4.69, 9.17) is 0 Å². The summed E-state index contributed by atoms with van der Waals surface area (Å²) in [6.07, 6.45) is 3.74. The number of aliphatic imine (C=N–C) groups is 1. The number of carbonyl (C=O) groups is 1. The van der Waals surface area contributed by atoms with Crippen LogP contribution in [-0.4, -0.2) is 59.3 Å². The van der Waals surface area contributed by atoms with Crippen LogP contribution in [0.3, 0.4) is 0 Å². The van der Waals surface area contributed by atoms with E-state index in [9.17, 15) is 4.79 Å². The predicted molar refractivity (Wildman–Crippen MR) is 110 cm³/mol. The monoisotopic (exact) mass is 376 g/mol. The maximum absolute atomic E-state index is 12.4. The van der Waals surface area contributed by atoms with Crippen molar-refractivity contribution in [2.75, 3.05) is 26.7 Å². The van der Waals surface area contributed by atoms with Gasteiger partial charge in [-0.1, -0.05) is 6.92 Å². The molecule has 0 saturated carbocycles. The molecule has 1 aliphatic heterocycles. The molecule has 0 bridgehead atoms. The molecular weight excluding hydrogens is 340 g/mol. The zero-order valence-corrected chi connectivity index (χ0v) is 17.8. The zero-order chi connectivity index (χ0) is 20.0. The Morgan fingerprint density at radius 2 is 2.15 bits per heavy atom. The molecule has 2 unspecified atom stereocenters. The summed E-state index contributed by atoms with van der Waals surface area (Å²) in [5.74, 6) is 1.59. The highest BCUT2D eigenvalue weighted by Gasteiger charge is 2.20. The molecule has 1 fully saturated rings. The number of nitrogens with one attached hydrogen (secondary N) is 2. The first-order valence-corrected chi connectivity index (χ1v) is 10.1. The number of piperidine rings is 1. The minimum atomic E-state index is 0.219. The standard InChI is InChI=1S/C20H36N6O/c1-14-8-7-11-26(13-14)19(27)9-10-22-20(21-5)23-15(2)12-18-16(3)24-25(6)17(18)4/h14-15H,7-13H2,1-6H3,(H2,21,22,23). The second-order valence-corrected chi connectivity index (χ2v) is 7.86. The van der Waals surface area contributed by atoms with Gasteiger partial charge in [-0.05, 0) is 51.5 Å². The predicted octanol–water partition coefficient (Wildman–Crippen LogP) is 1.78. The minimum absolute atomic E-state index is 0.219. The van der Waals surface area contributed by atoms with Crippen molar-refractivity contribution >= 4 is 11.9 Å². The van der Waals surface area contributed by atoms with Gasteiger partial charge >= 0.3 is 0 Å². The van der Waals surface area contributed by atoms with Gasteiger partial charge in [0.2, 0.25) is 5.91 Å². The Labute approximate surface area is 163 Å². The third kappa shape index (κ3) is 5.97. The molecule has 2 heterocycles. The van der Waals surface area contributed by atoms with Crippen LogP contribution in [0.15, 0.2) is 4.99 Å². The van der Waals surface area contributed by atoms with Gasteiger partial charge in [0.05, 0.1) is 5.69 Å². The van der Waals surface area contributed by atoms with Crippen molar-refractivity contribution in [1.29, 1.82) is 0 Å². The van der Waals surface area contributed by atoms with Crippen LogP contribution >= 0.6 is 0 Å². The lowest BCUT2D eigenvalue weighted by Gasteiger charge is -2.31. The maximum atomic E-state index is 12.4. The molecule has 152 valence electrons. The number of nitrogens with zero attached hydrogens (tertiary/aromatic N) is 4. The number of rotatable bonds is 6. The molecule has 0 aliphatic carbocycles. The summed E-state index contributed by atoms with van der Waals surface area (Å²) >= 11 is 0. The van der Waals surface area contributed by atoms with Crippen LogP contribution in [-0.2, 0) is 18.3 Å². The highest BCUT2D eigenvalue weighted by Crippen LogP contribution is 2.16. The van der Waals surface area contributed by atoms with Crippen molar-refractivity contribution in [1.82, 2.24) is 25.3 Å². The third-order valence-electron chi connectivity index (χ3n) is 5.42. The fourth-order valence-corrected chi connectivity index (χ4v) is 3.76. The Hall–Kier alpha value is -2.05. The zero-order valence-electron chi connectivity index (χ0n) is 17.8. The average molecular weight is 377 g/mol. The summed E-state index contributed by atoms with van der Waals surface area (Å²) < 4.78 is 1.93. The van der Waals surface area contributed by atoms with Gasteiger partial charge in [0, 0.05) is 51.9 Å². The molecule has 2 atom stereocenters. The Kier molecular flexibility index (Phi) is 7.68. The summed E-state index contributed by atoms with van der Waals surface area (Å²) in [7, 11) is 3.74. The smallest absolute Gasteiger partial charge is 0.224 e. The molecule has 0 radical (unpaired) electrons. The van der Waals surface area contributed by atoms with E-state index in [1.165, 1.54) is 17.7 Å². The van der Waals surface area contributed by atoms with Gasteiger partial charge in [0.15, 0.2) is 5.96 Å². The van der Waals surface area contributed by atoms with Crippen molar-refractivity contribution < 1.29 is 4.79 Å². The van der Waals surface area contributed by atoms with Gasteiger partial charge in [0.1, 0.15) is 0 Å². The summed E-state index contributed by atoms with van der Waals surface area (Å²) in [6, 6.07) is 0.219. The molecule has 1 aliphatic rings. The normalized spacial score (nSPS) is 19.1. The Balaban J connectivity index is 1.77. The number of likely N-dealkylation sites (tertiary alicyclic amines) is 1. The molecule has 1 aromatic rings. The summed E-state index contributed by atoms with van der Waals surface area (Å²) in [4.78, 5) is 18.7. The van der Waals surface area contributed by atoms with E-state index in [0.29, 0.717) is 18.9 Å². The fourth-order valence-electron chi connectivity index (χ4n) is 3.76. The number of hydrogen-bond acceptors (Lipinski definition) is 3. The fraction of sp³-hybridized carbons (Fsp3) is 0.750. The van der Waals surface area contributed by atoms with Crippen LogP contribution in [0.25, 0.3) is 0 Å². The summed E-state index contributed by atoms with van der Waals surface area (Å²) in [6.45, 7) is 10.9. The molecule has 7 nitrogen and oxygen atoms in total. The van der Waals surface area contributed by atoms with Crippen molar-refractivity contribution in [3.05, 3.63) is 17.0 Å². The van der Waals surface area contributed by atoms with Gasteiger partial charge in [-0.15, -0.1) is 0 Å². The van der Waals surface area contributed by atoms with E-state index in [0.717, 1.165) is 37.6 Å². The van der Waals surface area contributed by atoms with E-state index in [1.807, 2.05) is 16.6 Å². The van der Waals surface area contributed by atoms with Gasteiger partial charge in [-0.25, -0.2) is 0 Å². The summed E-state index contributed by atoms with van der Waals surface area (Å²) in [5.41, 5.74) is 3.56. The van der Waals surface area contributed by atoms with Crippen molar-refractivity contribution in [3.8, 4) is 0 Å². The number of aromatic nitrogens is 2. The highest BCUT2D eigenvalue weighted by molar-refractivity contribution is 5.81. The Morgan fingerprint density at radius 1 is 1.41 bits per heavy atom. The van der Waals surface area contributed by atoms with E-state index in [2.05, 4.69) is 48.4 Å². The number of amides is 1. The quantitative estimate of drug-likeness (QED) is 0.586. The van der Waals surface area contributed by atoms with Crippen LogP contribution in [0, 0.1) is 19.8 Å². The number of guanidine groups is 1. The molecule has 2 N–H and O–H groups in total. The topological polar surface area (TPSA) is 74.6 Å². The molecule has 1 saturated heterocycles. The number of aryl methyl sites for hydroxylation is 2. The molecule has 0 aromatic carbocycles. The van der Waals surface area contributed by atoms with Crippen molar-refractivity contribution in [2.24, 2.45) is 18.0 Å². The van der Waals surface area contributed by atoms with Crippen LogP contribution in [0.4, 0.5) is 0 Å². The minimum Gasteiger partial charge on any atom is -0.356 e. The van der Waals surface area contributed by atoms with Crippen LogP contribution in [0.2, 0.25) is 0 Å². The molecule has 7 heteroatoms. The lowest BCUT2D eigenvalue weighted by molar-refractivity contribution is -0.132. The van der Waals surface area contributed by atoms with Gasteiger partial charge in [0.25, 0.3) is 0 Å². The first-order chi connectivity index (χ1) is 12.8. The SMILES string of the molecule is CN=C(NCCC(=O)N1CCCC(C)C1)NC(C)Cc1c(C)nn(C)c1C. The van der Waals surface area contributed by atoms with Crippen molar-refractivity contribution in [2.45, 2.75) is 59.4 Å². The maximum Gasteiger partial charge on any atom is 0.224 e. The highest BCUT2D eigenvalue weighted by atomic mass is 16.2. The Morgan fingerprint density at radius 3 is 2.74 bits per heavy atom. The van der Waals surface area contributed by atoms with Crippen LogP contribution in [0.1, 0.15) is 50.1 Å². The van der Waals surface area contributed by atoms with E-state index in [-0.39, 0.29) is 11.9 Å². The molecule has 2 rings (SSSR count). The average Bonchev–Trinajstić information content (AvgIpc) is 2.86. The van der Waals surface area contributed by atoms with E-state index in [1.54, 1.807) is 7.05 Å². The second kappa shape index (κ2) is 9.76. The van der Waals surface area contributed by atoms with Gasteiger partial charge in [-0.2, -0.15) is 5.10 Å². The lowest BCUT2D eigenvalue weighted by atomic mass is 10.00. The van der Waals surface area contributed by atoms with Crippen LogP contribution in [0.5, 0.6) is 0 Å². The molecular formula is C20H36N6O. The number of hydrogen-bond donors (Lipinski definition) is 2. The third-order valence-corrected chi connectivity index (χ3v) is 5.42. The molecule has 1 aromatic heterocycles. The largest absolute Gasteiger partial charge is 0.356 e. The lowest BCUT2D eigenvalue weighted by Crippen LogP contribution is -2.45. The van der Waals surface area contributed by atoms with Crippen molar-refractivity contribution in [3.63, 3.8) is 0 Å². The summed E-state index contributed by atoms with van der Waals surface area (Å²) in [5, 5.41) is 11.2. The van der Waals surface area contributed by atoms with Gasteiger partial charge < -0.3 is 15.5 Å². The molecule has 0 spiro atoms.